The maximum absolute atomic E-state index is 10.7. The molecule has 22 heavy (non-hydrogen) atoms. The highest BCUT2D eigenvalue weighted by Gasteiger charge is 2.00. The predicted molar refractivity (Wildman–Crippen MR) is 94.3 cm³/mol. The van der Waals surface area contributed by atoms with E-state index in [1.165, 1.54) is 70.6 Å². The van der Waals surface area contributed by atoms with Gasteiger partial charge in [-0.15, -0.1) is 12.3 Å². The van der Waals surface area contributed by atoms with Crippen molar-refractivity contribution < 1.29 is 12.6 Å². The number of hydrogen-bond acceptors (Lipinski definition) is 3. The average Bonchev–Trinajstić information content (AvgIpc) is 2.45. The quantitative estimate of drug-likeness (QED) is 0.226. The van der Waals surface area contributed by atoms with E-state index in [0.717, 1.165) is 25.5 Å². The zero-order valence-corrected chi connectivity index (χ0v) is 15.1. The van der Waals surface area contributed by atoms with Gasteiger partial charge < -0.3 is 0 Å². The SMILES string of the molecule is C#CCCCCCCCCCCCCCCCOS(C)(=O)=O. The molecule has 0 unspecified atom stereocenters. The lowest BCUT2D eigenvalue weighted by Gasteiger charge is -2.03. The Hall–Kier alpha value is -0.530. The number of terminal acetylenes is 1. The lowest BCUT2D eigenvalue weighted by molar-refractivity contribution is 0.309. The van der Waals surface area contributed by atoms with E-state index in [2.05, 4.69) is 5.92 Å². The van der Waals surface area contributed by atoms with E-state index in [0.29, 0.717) is 6.61 Å². The van der Waals surface area contributed by atoms with E-state index >= 15 is 0 Å². The van der Waals surface area contributed by atoms with Gasteiger partial charge in [0, 0.05) is 6.42 Å². The molecule has 0 saturated carbocycles. The second-order valence-corrected chi connectivity index (χ2v) is 7.72. The van der Waals surface area contributed by atoms with E-state index in [1.54, 1.807) is 0 Å². The highest BCUT2D eigenvalue weighted by molar-refractivity contribution is 7.85. The highest BCUT2D eigenvalue weighted by Crippen LogP contribution is 2.12. The van der Waals surface area contributed by atoms with E-state index in [9.17, 15) is 8.42 Å². The molecule has 0 rings (SSSR count). The van der Waals surface area contributed by atoms with Gasteiger partial charge in [-0.2, -0.15) is 8.42 Å². The monoisotopic (exact) mass is 330 g/mol. The van der Waals surface area contributed by atoms with Gasteiger partial charge in [-0.1, -0.05) is 70.6 Å². The molecule has 0 aliphatic rings. The summed E-state index contributed by atoms with van der Waals surface area (Å²) in [6, 6.07) is 0. The summed E-state index contributed by atoms with van der Waals surface area (Å²) in [4.78, 5) is 0. The van der Waals surface area contributed by atoms with Crippen molar-refractivity contribution in [1.29, 1.82) is 0 Å². The maximum Gasteiger partial charge on any atom is 0.264 e. The molecule has 0 heterocycles. The minimum atomic E-state index is -3.25. The summed E-state index contributed by atoms with van der Waals surface area (Å²) in [5.74, 6) is 2.69. The molecule has 0 spiro atoms. The van der Waals surface area contributed by atoms with Gasteiger partial charge in [0.1, 0.15) is 0 Å². The molecule has 0 amide bonds. The minimum Gasteiger partial charge on any atom is -0.270 e. The van der Waals surface area contributed by atoms with Crippen molar-refractivity contribution in [3.63, 3.8) is 0 Å². The van der Waals surface area contributed by atoms with Crippen molar-refractivity contribution in [1.82, 2.24) is 0 Å². The van der Waals surface area contributed by atoms with Gasteiger partial charge >= 0.3 is 0 Å². The normalized spacial score (nSPS) is 11.5. The van der Waals surface area contributed by atoms with Crippen molar-refractivity contribution >= 4 is 10.1 Å². The van der Waals surface area contributed by atoms with Gasteiger partial charge in [-0.25, -0.2) is 0 Å². The Morgan fingerprint density at radius 3 is 1.45 bits per heavy atom. The van der Waals surface area contributed by atoms with Gasteiger partial charge in [-0.3, -0.25) is 4.18 Å². The minimum absolute atomic E-state index is 0.334. The Balaban J connectivity index is 3.04. The number of unbranched alkanes of at least 4 members (excludes halogenated alkanes) is 13. The first-order valence-electron chi connectivity index (χ1n) is 8.84. The second kappa shape index (κ2) is 15.4. The molecule has 0 aromatic rings. The van der Waals surface area contributed by atoms with Crippen molar-refractivity contribution in [2.75, 3.05) is 12.9 Å². The van der Waals surface area contributed by atoms with Crippen LogP contribution in [0.5, 0.6) is 0 Å². The Kier molecular flexibility index (Phi) is 15.0. The second-order valence-electron chi connectivity index (χ2n) is 6.08. The molecule has 0 atom stereocenters. The number of hydrogen-bond donors (Lipinski definition) is 0. The van der Waals surface area contributed by atoms with Gasteiger partial charge in [0.05, 0.1) is 12.9 Å². The van der Waals surface area contributed by atoms with E-state index in [4.69, 9.17) is 10.6 Å². The van der Waals surface area contributed by atoms with Gasteiger partial charge in [0.15, 0.2) is 0 Å². The maximum atomic E-state index is 10.7. The zero-order chi connectivity index (χ0) is 16.5. The molecule has 0 aromatic carbocycles. The fourth-order valence-corrected chi connectivity index (χ4v) is 2.90. The first kappa shape index (κ1) is 21.5. The lowest BCUT2D eigenvalue weighted by Crippen LogP contribution is -2.03. The molecule has 0 aliphatic carbocycles. The van der Waals surface area contributed by atoms with Crippen LogP contribution < -0.4 is 0 Å². The van der Waals surface area contributed by atoms with E-state index in [1.807, 2.05) is 0 Å². The molecule has 0 aromatic heterocycles. The van der Waals surface area contributed by atoms with Gasteiger partial charge in [0.25, 0.3) is 10.1 Å². The summed E-state index contributed by atoms with van der Waals surface area (Å²) in [5.41, 5.74) is 0. The average molecular weight is 331 g/mol. The molecule has 0 aliphatic heterocycles. The van der Waals surface area contributed by atoms with Crippen LogP contribution in [-0.2, 0) is 14.3 Å². The van der Waals surface area contributed by atoms with Crippen LogP contribution in [0, 0.1) is 12.3 Å². The first-order chi connectivity index (χ1) is 10.6. The largest absolute Gasteiger partial charge is 0.270 e. The number of rotatable bonds is 16. The molecule has 3 nitrogen and oxygen atoms in total. The van der Waals surface area contributed by atoms with Crippen molar-refractivity contribution in [3.05, 3.63) is 0 Å². The van der Waals surface area contributed by atoms with Crippen LogP contribution >= 0.6 is 0 Å². The summed E-state index contributed by atoms with van der Waals surface area (Å²) in [6.07, 6.45) is 23.4. The van der Waals surface area contributed by atoms with Crippen LogP contribution in [0.2, 0.25) is 0 Å². The van der Waals surface area contributed by atoms with Crippen LogP contribution in [0.3, 0.4) is 0 Å². The molecular formula is C18H34O3S. The molecular weight excluding hydrogens is 296 g/mol. The molecule has 4 heteroatoms. The molecule has 0 fully saturated rings. The van der Waals surface area contributed by atoms with Crippen molar-refractivity contribution in [3.8, 4) is 12.3 Å². The summed E-state index contributed by atoms with van der Waals surface area (Å²) in [6.45, 7) is 0.334. The van der Waals surface area contributed by atoms with Gasteiger partial charge in [-0.05, 0) is 12.8 Å². The molecule has 130 valence electrons. The Labute approximate surface area is 138 Å². The third-order valence-electron chi connectivity index (χ3n) is 3.76. The molecule has 0 bridgehead atoms. The predicted octanol–water partition coefficient (Wildman–Crippen LogP) is 5.06. The fourth-order valence-electron chi connectivity index (χ4n) is 2.48. The van der Waals surface area contributed by atoms with Crippen LogP contribution in [0.1, 0.15) is 89.9 Å². The third-order valence-corrected chi connectivity index (χ3v) is 4.36. The lowest BCUT2D eigenvalue weighted by atomic mass is 10.0. The van der Waals surface area contributed by atoms with Crippen molar-refractivity contribution in [2.24, 2.45) is 0 Å². The molecule has 0 saturated heterocycles. The summed E-state index contributed by atoms with van der Waals surface area (Å²) in [7, 11) is -3.25. The summed E-state index contributed by atoms with van der Waals surface area (Å²) < 4.78 is 26.2. The van der Waals surface area contributed by atoms with Crippen molar-refractivity contribution in [2.45, 2.75) is 89.9 Å². The first-order valence-corrected chi connectivity index (χ1v) is 10.7. The molecule has 0 radical (unpaired) electrons. The summed E-state index contributed by atoms with van der Waals surface area (Å²) in [5, 5.41) is 0. The topological polar surface area (TPSA) is 43.4 Å². The Bertz CT molecular complexity index is 368. The van der Waals surface area contributed by atoms with Crippen LogP contribution in [0.4, 0.5) is 0 Å². The van der Waals surface area contributed by atoms with E-state index in [-0.39, 0.29) is 0 Å². The highest BCUT2D eigenvalue weighted by atomic mass is 32.2. The zero-order valence-electron chi connectivity index (χ0n) is 14.3. The third kappa shape index (κ3) is 19.5. The Morgan fingerprint density at radius 1 is 0.727 bits per heavy atom. The smallest absolute Gasteiger partial charge is 0.264 e. The fraction of sp³-hybridized carbons (Fsp3) is 0.889. The van der Waals surface area contributed by atoms with Crippen LogP contribution in [0.25, 0.3) is 0 Å². The van der Waals surface area contributed by atoms with E-state index < -0.39 is 10.1 Å². The molecule has 0 N–H and O–H groups in total. The van der Waals surface area contributed by atoms with Gasteiger partial charge in [0.2, 0.25) is 0 Å². The summed E-state index contributed by atoms with van der Waals surface area (Å²) >= 11 is 0. The Morgan fingerprint density at radius 2 is 1.09 bits per heavy atom. The standard InChI is InChI=1S/C18H34O3S/c1-3-4-5-6-7-8-9-10-11-12-13-14-15-16-17-18-21-22(2,19)20/h1H,4-18H2,2H3. The van der Waals surface area contributed by atoms with Crippen LogP contribution in [-0.4, -0.2) is 21.3 Å². The van der Waals surface area contributed by atoms with Crippen LogP contribution in [0.15, 0.2) is 0 Å².